The van der Waals surface area contributed by atoms with Crippen LogP contribution in [-0.2, 0) is 11.3 Å². The third-order valence-electron chi connectivity index (χ3n) is 5.93. The molecule has 1 atom stereocenters. The van der Waals surface area contributed by atoms with E-state index >= 15 is 0 Å². The molecular weight excluding hydrogens is 517 g/mol. The van der Waals surface area contributed by atoms with Crippen LogP contribution in [0.5, 0.6) is 0 Å². The fraction of sp³-hybridized carbons (Fsp3) is 0.111. The third-order valence-corrected chi connectivity index (χ3v) is 7.88. The number of amides is 1. The molecule has 0 aliphatic carbocycles. The summed E-state index contributed by atoms with van der Waals surface area (Å²) >= 11 is 13.7. The highest BCUT2D eigenvalue weighted by Gasteiger charge is 2.44. The number of rotatable bonds is 6. The lowest BCUT2D eigenvalue weighted by atomic mass is 9.95. The Morgan fingerprint density at radius 1 is 1.06 bits per heavy atom. The number of thiazole rings is 1. The Labute approximate surface area is 221 Å². The van der Waals surface area contributed by atoms with Crippen LogP contribution in [0.3, 0.4) is 0 Å². The van der Waals surface area contributed by atoms with E-state index in [0.717, 1.165) is 11.1 Å². The lowest BCUT2D eigenvalue weighted by Gasteiger charge is -2.27. The van der Waals surface area contributed by atoms with Crippen molar-refractivity contribution in [3.63, 3.8) is 0 Å². The lowest BCUT2D eigenvalue weighted by Crippen LogP contribution is -2.30. The molecule has 0 fully saturated rings. The van der Waals surface area contributed by atoms with Crippen LogP contribution in [0.25, 0.3) is 10.6 Å². The molecular formula is C27H19Cl2N3O3S. The molecule has 0 saturated carbocycles. The number of aryl methyl sites for hydroxylation is 1. The van der Waals surface area contributed by atoms with Gasteiger partial charge in [0.15, 0.2) is 5.76 Å². The van der Waals surface area contributed by atoms with Gasteiger partial charge in [0.05, 0.1) is 32.2 Å². The molecule has 1 amide bonds. The van der Waals surface area contributed by atoms with Gasteiger partial charge in [0.1, 0.15) is 5.01 Å². The van der Waals surface area contributed by atoms with Gasteiger partial charge >= 0.3 is 0 Å². The number of aliphatic hydroxyl groups is 1. The van der Waals surface area contributed by atoms with Gasteiger partial charge in [-0.2, -0.15) is 0 Å². The summed E-state index contributed by atoms with van der Waals surface area (Å²) in [5.41, 5.74) is 2.75. The molecule has 180 valence electrons. The van der Waals surface area contributed by atoms with E-state index in [-0.39, 0.29) is 17.1 Å². The quantitative estimate of drug-likeness (QED) is 0.281. The van der Waals surface area contributed by atoms with Crippen molar-refractivity contribution in [3.8, 4) is 10.6 Å². The van der Waals surface area contributed by atoms with Gasteiger partial charge in [0.25, 0.3) is 5.91 Å². The van der Waals surface area contributed by atoms with Crippen LogP contribution < -0.4 is 0 Å². The standard InChI is InChI=1S/C27H19Cl2N3O3S/c1-15-25(36-26(31-15)17-5-3-2-4-6-17)23(33)21-22(18-7-8-19(28)20(29)13-18)32(27(35)24(21)34)14-16-9-11-30-12-10-16/h2-13,22,34H,14H2,1H3. The van der Waals surface area contributed by atoms with Gasteiger partial charge in [-0.3, -0.25) is 14.6 Å². The molecule has 6 nitrogen and oxygen atoms in total. The van der Waals surface area contributed by atoms with Gasteiger partial charge in [-0.1, -0.05) is 59.6 Å². The fourth-order valence-corrected chi connectivity index (χ4v) is 5.53. The van der Waals surface area contributed by atoms with Crippen LogP contribution in [0.15, 0.2) is 84.4 Å². The molecule has 1 aliphatic heterocycles. The first-order valence-corrected chi connectivity index (χ1v) is 12.6. The summed E-state index contributed by atoms with van der Waals surface area (Å²) in [5.74, 6) is -1.68. The Morgan fingerprint density at radius 2 is 1.78 bits per heavy atom. The number of ketones is 1. The number of Topliss-reactive ketones (excluding diaryl/α,β-unsaturated/α-hetero) is 1. The molecule has 9 heteroatoms. The van der Waals surface area contributed by atoms with Crippen LogP contribution >= 0.6 is 34.5 Å². The second kappa shape index (κ2) is 9.85. The van der Waals surface area contributed by atoms with Crippen molar-refractivity contribution in [2.45, 2.75) is 19.5 Å². The first-order chi connectivity index (χ1) is 17.3. The normalized spacial score (nSPS) is 15.6. The first-order valence-electron chi connectivity index (χ1n) is 11.0. The molecule has 5 rings (SSSR count). The van der Waals surface area contributed by atoms with Crippen molar-refractivity contribution >= 4 is 46.2 Å². The largest absolute Gasteiger partial charge is 0.503 e. The molecule has 0 saturated heterocycles. The summed E-state index contributed by atoms with van der Waals surface area (Å²) in [6.45, 7) is 1.90. The number of hydrogen-bond donors (Lipinski definition) is 1. The topological polar surface area (TPSA) is 83.4 Å². The Balaban J connectivity index is 1.60. The zero-order chi connectivity index (χ0) is 25.4. The summed E-state index contributed by atoms with van der Waals surface area (Å²) < 4.78 is 0. The predicted molar refractivity (Wildman–Crippen MR) is 140 cm³/mol. The summed E-state index contributed by atoms with van der Waals surface area (Å²) in [6, 6.07) is 17.1. The van der Waals surface area contributed by atoms with Crippen LogP contribution in [0.4, 0.5) is 0 Å². The van der Waals surface area contributed by atoms with E-state index in [1.807, 2.05) is 30.3 Å². The number of halogens is 2. The van der Waals surface area contributed by atoms with E-state index in [2.05, 4.69) is 9.97 Å². The highest BCUT2D eigenvalue weighted by molar-refractivity contribution is 7.17. The van der Waals surface area contributed by atoms with Gasteiger partial charge in [0, 0.05) is 24.5 Å². The van der Waals surface area contributed by atoms with E-state index in [1.165, 1.54) is 16.2 Å². The molecule has 1 unspecified atom stereocenters. The van der Waals surface area contributed by atoms with Gasteiger partial charge in [-0.25, -0.2) is 4.98 Å². The average molecular weight is 536 g/mol. The summed E-state index contributed by atoms with van der Waals surface area (Å²) in [5, 5.41) is 12.3. The first kappa shape index (κ1) is 24.2. The number of aromatic nitrogens is 2. The highest BCUT2D eigenvalue weighted by Crippen LogP contribution is 2.42. The SMILES string of the molecule is Cc1nc(-c2ccccc2)sc1C(=O)C1=C(O)C(=O)N(Cc2ccncc2)C1c1ccc(Cl)c(Cl)c1. The molecule has 4 aromatic rings. The van der Waals surface area contributed by atoms with Crippen molar-refractivity contribution in [1.29, 1.82) is 0 Å². The molecule has 2 aromatic carbocycles. The minimum atomic E-state index is -0.866. The number of nitrogens with zero attached hydrogens (tertiary/aromatic N) is 3. The van der Waals surface area contributed by atoms with Crippen LogP contribution in [0.1, 0.15) is 32.5 Å². The molecule has 36 heavy (non-hydrogen) atoms. The average Bonchev–Trinajstić information content (AvgIpc) is 3.39. The minimum absolute atomic E-state index is 0.0150. The fourth-order valence-electron chi connectivity index (χ4n) is 4.20. The van der Waals surface area contributed by atoms with Gasteiger partial charge in [-0.15, -0.1) is 11.3 Å². The zero-order valence-electron chi connectivity index (χ0n) is 19.0. The van der Waals surface area contributed by atoms with E-state index in [1.54, 1.807) is 49.6 Å². The monoisotopic (exact) mass is 535 g/mol. The number of pyridine rings is 1. The number of hydrogen-bond acceptors (Lipinski definition) is 6. The smallest absolute Gasteiger partial charge is 0.290 e. The maximum Gasteiger partial charge on any atom is 0.290 e. The Bertz CT molecular complexity index is 1500. The van der Waals surface area contributed by atoms with E-state index in [9.17, 15) is 14.7 Å². The summed E-state index contributed by atoms with van der Waals surface area (Å²) in [7, 11) is 0. The number of carbonyl (C=O) groups is 2. The highest BCUT2D eigenvalue weighted by atomic mass is 35.5. The van der Waals surface area contributed by atoms with E-state index in [4.69, 9.17) is 23.2 Å². The Kier molecular flexibility index (Phi) is 6.62. The van der Waals surface area contributed by atoms with Crippen molar-refractivity contribution in [3.05, 3.63) is 116 Å². The van der Waals surface area contributed by atoms with Crippen molar-refractivity contribution in [2.75, 3.05) is 0 Å². The second-order valence-electron chi connectivity index (χ2n) is 8.26. The third kappa shape index (κ3) is 4.41. The predicted octanol–water partition coefficient (Wildman–Crippen LogP) is 6.60. The molecule has 1 N–H and O–H groups in total. The Hall–Kier alpha value is -3.52. The Morgan fingerprint density at radius 3 is 2.47 bits per heavy atom. The molecule has 0 spiro atoms. The molecule has 2 aromatic heterocycles. The number of benzene rings is 2. The molecule has 1 aliphatic rings. The molecule has 0 radical (unpaired) electrons. The van der Waals surface area contributed by atoms with E-state index in [0.29, 0.717) is 26.2 Å². The maximum atomic E-state index is 13.9. The van der Waals surface area contributed by atoms with Crippen molar-refractivity contribution in [1.82, 2.24) is 14.9 Å². The van der Waals surface area contributed by atoms with E-state index < -0.39 is 23.5 Å². The number of aliphatic hydroxyl groups excluding tert-OH is 1. The second-order valence-corrected chi connectivity index (χ2v) is 10.1. The maximum absolute atomic E-state index is 13.9. The van der Waals surface area contributed by atoms with Crippen molar-refractivity contribution < 1.29 is 14.7 Å². The minimum Gasteiger partial charge on any atom is -0.503 e. The van der Waals surface area contributed by atoms with Gasteiger partial charge in [-0.05, 0) is 42.3 Å². The van der Waals surface area contributed by atoms with Gasteiger partial charge in [0.2, 0.25) is 5.78 Å². The molecule has 3 heterocycles. The van der Waals surface area contributed by atoms with Crippen LogP contribution in [0, 0.1) is 6.92 Å². The summed E-state index contributed by atoms with van der Waals surface area (Å²) in [4.78, 5) is 37.6. The van der Waals surface area contributed by atoms with Crippen LogP contribution in [-0.4, -0.2) is 31.7 Å². The van der Waals surface area contributed by atoms with Crippen molar-refractivity contribution in [2.24, 2.45) is 0 Å². The number of carbonyl (C=O) groups excluding carboxylic acids is 2. The zero-order valence-corrected chi connectivity index (χ0v) is 21.3. The lowest BCUT2D eigenvalue weighted by molar-refractivity contribution is -0.130. The van der Waals surface area contributed by atoms with Crippen LogP contribution in [0.2, 0.25) is 10.0 Å². The molecule has 0 bridgehead atoms. The van der Waals surface area contributed by atoms with Gasteiger partial charge < -0.3 is 10.0 Å². The summed E-state index contributed by atoms with van der Waals surface area (Å²) in [6.07, 6.45) is 3.24.